The molecule has 2 heterocycles. The number of para-hydroxylation sites is 1. The highest BCUT2D eigenvalue weighted by Gasteiger charge is 2.57. The number of methoxy groups -OCH3 is 1. The van der Waals surface area contributed by atoms with Crippen molar-refractivity contribution in [3.05, 3.63) is 47.5 Å². The van der Waals surface area contributed by atoms with E-state index in [0.29, 0.717) is 35.6 Å². The lowest BCUT2D eigenvalue weighted by Gasteiger charge is -2.62. The Bertz CT molecular complexity index is 1540. The Morgan fingerprint density at radius 2 is 1.96 bits per heavy atom. The van der Waals surface area contributed by atoms with Gasteiger partial charge in [-0.05, 0) is 79.5 Å². The van der Waals surface area contributed by atoms with Gasteiger partial charge in [-0.15, -0.1) is 0 Å². The predicted molar refractivity (Wildman–Crippen MR) is 192 cm³/mol. The molecule has 5 fully saturated rings. The third-order valence-electron chi connectivity index (χ3n) is 12.2. The fraction of sp³-hybridized carbons (Fsp3) is 0.641. The van der Waals surface area contributed by atoms with Crippen molar-refractivity contribution in [2.75, 3.05) is 45.9 Å². The standard InChI is InChI=1S/C39H56N4O7/c1-22-31-17-27(39(31,3)4)18-32(22)41-38(47)35-34(23(2)45)33(21-44)50-43(35)20-24-10-8-12-30(36(24)48-7)25-14-26(16-28(15-25)42(5)6)37(46)40-19-29-11-9-13-49-29/h8,10,12,14-16,22-23,27,29,31-35,44-45H,9,11,13,17-21H2,1-7H3,(H,40,46)(H,41,47)/t22-,23-,27+,29-,31-,32-,33-,34-,35-/m0/s1. The Kier molecular flexibility index (Phi) is 10.8. The highest BCUT2D eigenvalue weighted by atomic mass is 16.7. The number of carbonyl (C=O) groups excluding carboxylic acids is 2. The number of ether oxygens (including phenoxy) is 2. The highest BCUT2D eigenvalue weighted by molar-refractivity contribution is 5.97. The van der Waals surface area contributed by atoms with Gasteiger partial charge < -0.3 is 35.2 Å². The summed E-state index contributed by atoms with van der Waals surface area (Å²) in [5, 5.41) is 29.2. The van der Waals surface area contributed by atoms with Gasteiger partial charge in [0.15, 0.2) is 0 Å². The number of nitrogens with one attached hydrogen (secondary N) is 2. The number of amides is 2. The van der Waals surface area contributed by atoms with E-state index >= 15 is 0 Å². The molecule has 0 radical (unpaired) electrons. The van der Waals surface area contributed by atoms with Gasteiger partial charge in [0, 0.05) is 61.6 Å². The topological polar surface area (TPSA) is 133 Å². The number of hydrogen-bond acceptors (Lipinski definition) is 9. The fourth-order valence-electron chi connectivity index (χ4n) is 9.10. The smallest absolute Gasteiger partial charge is 0.251 e. The molecular formula is C39H56N4O7. The third kappa shape index (κ3) is 6.99. The molecular weight excluding hydrogens is 636 g/mol. The molecule has 7 rings (SSSR count). The largest absolute Gasteiger partial charge is 0.496 e. The molecule has 3 aliphatic carbocycles. The number of benzene rings is 2. The minimum Gasteiger partial charge on any atom is -0.496 e. The zero-order valence-corrected chi connectivity index (χ0v) is 30.6. The van der Waals surface area contributed by atoms with Crippen molar-refractivity contribution in [1.82, 2.24) is 15.7 Å². The van der Waals surface area contributed by atoms with E-state index in [4.69, 9.17) is 14.3 Å². The van der Waals surface area contributed by atoms with Gasteiger partial charge in [0.25, 0.3) is 5.91 Å². The van der Waals surface area contributed by atoms with E-state index in [1.807, 2.05) is 55.4 Å². The molecule has 4 N–H and O–H groups in total. The van der Waals surface area contributed by atoms with Crippen LogP contribution >= 0.6 is 0 Å². The number of rotatable bonds is 12. The van der Waals surface area contributed by atoms with Crippen LogP contribution in [-0.4, -0.2) is 98.4 Å². The van der Waals surface area contributed by atoms with Gasteiger partial charge in [-0.2, -0.15) is 5.06 Å². The van der Waals surface area contributed by atoms with Crippen LogP contribution in [0.4, 0.5) is 5.69 Å². The second-order valence-electron chi connectivity index (χ2n) is 15.7. The summed E-state index contributed by atoms with van der Waals surface area (Å²) in [6, 6.07) is 10.8. The van der Waals surface area contributed by atoms with Crippen molar-refractivity contribution in [1.29, 1.82) is 0 Å². The van der Waals surface area contributed by atoms with Crippen molar-refractivity contribution in [3.63, 3.8) is 0 Å². The monoisotopic (exact) mass is 692 g/mol. The molecule has 11 heteroatoms. The quantitative estimate of drug-likeness (QED) is 0.261. The van der Waals surface area contributed by atoms with E-state index in [1.165, 1.54) is 6.42 Å². The molecule has 0 unspecified atom stereocenters. The highest BCUT2D eigenvalue weighted by Crippen LogP contribution is 2.61. The summed E-state index contributed by atoms with van der Waals surface area (Å²) in [5.74, 6) is 1.06. The summed E-state index contributed by atoms with van der Waals surface area (Å²) < 4.78 is 11.7. The van der Waals surface area contributed by atoms with Gasteiger partial charge >= 0.3 is 0 Å². The normalized spacial score (nSPS) is 30.7. The van der Waals surface area contributed by atoms with E-state index in [0.717, 1.165) is 48.2 Å². The van der Waals surface area contributed by atoms with Gasteiger partial charge in [-0.25, -0.2) is 0 Å². The van der Waals surface area contributed by atoms with Gasteiger partial charge in [-0.3, -0.25) is 14.4 Å². The summed E-state index contributed by atoms with van der Waals surface area (Å²) in [6.45, 7) is 9.59. The molecule has 9 atom stereocenters. The molecule has 2 aromatic rings. The minimum absolute atomic E-state index is 0.0358. The molecule has 2 amide bonds. The summed E-state index contributed by atoms with van der Waals surface area (Å²) in [5.41, 5.74) is 4.03. The molecule has 2 aromatic carbocycles. The van der Waals surface area contributed by atoms with Crippen LogP contribution in [0.5, 0.6) is 5.75 Å². The first-order chi connectivity index (χ1) is 23.8. The number of nitrogens with zero attached hydrogens (tertiary/aromatic N) is 2. The molecule has 2 bridgehead atoms. The van der Waals surface area contributed by atoms with Crippen molar-refractivity contribution in [2.24, 2.45) is 29.1 Å². The first-order valence-electron chi connectivity index (χ1n) is 18.2. The molecule has 0 aromatic heterocycles. The molecule has 2 aliphatic heterocycles. The second-order valence-corrected chi connectivity index (χ2v) is 15.7. The van der Waals surface area contributed by atoms with Crippen molar-refractivity contribution >= 4 is 17.5 Å². The van der Waals surface area contributed by atoms with Gasteiger partial charge in [0.2, 0.25) is 5.91 Å². The molecule has 50 heavy (non-hydrogen) atoms. The maximum absolute atomic E-state index is 14.2. The Hall–Kier alpha value is -3.22. The van der Waals surface area contributed by atoms with Crippen LogP contribution in [0.15, 0.2) is 36.4 Å². The SMILES string of the molecule is COc1c(CN2O[C@@H](CO)[C@H]([C@H](C)O)[C@H]2C(=O)N[C@H]2C[C@H]3C[C@@H]([C@@H]2C)C3(C)C)cccc1-c1cc(C(=O)NC[C@@H]2CCCO2)cc(N(C)C)c1. The average molecular weight is 693 g/mol. The van der Waals surface area contributed by atoms with Gasteiger partial charge in [0.05, 0.1) is 32.5 Å². The Labute approximate surface area is 296 Å². The van der Waals surface area contributed by atoms with E-state index in [-0.39, 0.29) is 42.5 Å². The van der Waals surface area contributed by atoms with Gasteiger partial charge in [0.1, 0.15) is 17.9 Å². The molecule has 2 saturated heterocycles. The first kappa shape index (κ1) is 36.6. The number of fused-ring (bicyclic) bond motifs is 2. The first-order valence-corrected chi connectivity index (χ1v) is 18.2. The molecule has 0 spiro atoms. The lowest BCUT2D eigenvalue weighted by atomic mass is 9.45. The fourth-order valence-corrected chi connectivity index (χ4v) is 9.10. The average Bonchev–Trinajstić information content (AvgIpc) is 3.75. The van der Waals surface area contributed by atoms with Crippen LogP contribution in [0.3, 0.4) is 0 Å². The van der Waals surface area contributed by atoms with Gasteiger partial charge in [-0.1, -0.05) is 39.0 Å². The maximum atomic E-state index is 14.2. The lowest BCUT2D eigenvalue weighted by molar-refractivity contribution is -0.183. The van der Waals surface area contributed by atoms with E-state index < -0.39 is 24.2 Å². The number of anilines is 1. The van der Waals surface area contributed by atoms with Crippen LogP contribution in [0, 0.1) is 29.1 Å². The molecule has 11 nitrogen and oxygen atoms in total. The zero-order valence-electron chi connectivity index (χ0n) is 30.6. The van der Waals surface area contributed by atoms with Crippen LogP contribution in [0.25, 0.3) is 11.1 Å². The summed E-state index contributed by atoms with van der Waals surface area (Å²) in [4.78, 5) is 35.8. The number of aliphatic hydroxyl groups excluding tert-OH is 2. The van der Waals surface area contributed by atoms with Crippen molar-refractivity contribution in [2.45, 2.75) is 90.3 Å². The van der Waals surface area contributed by atoms with Crippen molar-refractivity contribution in [3.8, 4) is 16.9 Å². The molecule has 3 saturated carbocycles. The summed E-state index contributed by atoms with van der Waals surface area (Å²) in [6.07, 6.45) is 2.48. The number of carbonyl (C=O) groups is 2. The maximum Gasteiger partial charge on any atom is 0.251 e. The Morgan fingerprint density at radius 3 is 2.58 bits per heavy atom. The third-order valence-corrected chi connectivity index (χ3v) is 12.2. The van der Waals surface area contributed by atoms with E-state index in [9.17, 15) is 19.8 Å². The second kappa shape index (κ2) is 14.8. The van der Waals surface area contributed by atoms with Crippen LogP contribution in [0.2, 0.25) is 0 Å². The zero-order chi connectivity index (χ0) is 35.9. The molecule has 5 aliphatic rings. The molecule has 274 valence electrons. The number of hydrogen-bond donors (Lipinski definition) is 4. The van der Waals surface area contributed by atoms with Crippen LogP contribution < -0.4 is 20.3 Å². The van der Waals surface area contributed by atoms with E-state index in [1.54, 1.807) is 19.1 Å². The Balaban J connectivity index is 1.27. The predicted octanol–water partition coefficient (Wildman–Crippen LogP) is 4.00. The van der Waals surface area contributed by atoms with Crippen molar-refractivity contribution < 1.29 is 34.1 Å². The summed E-state index contributed by atoms with van der Waals surface area (Å²) in [7, 11) is 5.48. The number of aliphatic hydroxyl groups is 2. The van der Waals surface area contributed by atoms with Crippen LogP contribution in [-0.2, 0) is 20.9 Å². The van der Waals surface area contributed by atoms with Crippen LogP contribution in [0.1, 0.15) is 69.3 Å². The lowest BCUT2D eigenvalue weighted by Crippen LogP contribution is -2.62. The van der Waals surface area contributed by atoms with E-state index in [2.05, 4.69) is 31.4 Å². The minimum atomic E-state index is -0.893. The number of hydroxylamine groups is 2. The Morgan fingerprint density at radius 1 is 1.18 bits per heavy atom. The summed E-state index contributed by atoms with van der Waals surface area (Å²) >= 11 is 0.